The molecule has 2 N–H and O–H groups in total. The number of benzene rings is 1. The number of nitrogens with zero attached hydrogens (tertiary/aromatic N) is 2. The SMILES string of the molecule is C[C@@]1(CCl)CC[C@@H](Cc2ccc(Cl)cc2)[C@@]1(O)Cc1nc[nH]n1. The smallest absolute Gasteiger partial charge is 0.153 e. The van der Waals surface area contributed by atoms with Gasteiger partial charge in [0.15, 0.2) is 5.82 Å². The number of aliphatic hydroxyl groups is 1. The highest BCUT2D eigenvalue weighted by Crippen LogP contribution is 2.52. The van der Waals surface area contributed by atoms with E-state index in [9.17, 15) is 5.11 Å². The Balaban J connectivity index is 1.87. The molecule has 0 spiro atoms. The Hall–Kier alpha value is -1.10. The third-order valence-corrected chi connectivity index (χ3v) is 6.19. The zero-order valence-electron chi connectivity index (χ0n) is 13.1. The maximum atomic E-state index is 11.6. The van der Waals surface area contributed by atoms with Gasteiger partial charge in [-0.1, -0.05) is 30.7 Å². The molecule has 1 saturated carbocycles. The molecule has 124 valence electrons. The molecule has 4 nitrogen and oxygen atoms in total. The van der Waals surface area contributed by atoms with E-state index in [1.807, 2.05) is 24.3 Å². The van der Waals surface area contributed by atoms with Gasteiger partial charge in [0.05, 0.1) is 5.60 Å². The van der Waals surface area contributed by atoms with Crippen molar-refractivity contribution in [3.8, 4) is 0 Å². The highest BCUT2D eigenvalue weighted by Gasteiger charge is 2.56. The number of nitrogens with one attached hydrogen (secondary N) is 1. The van der Waals surface area contributed by atoms with E-state index in [4.69, 9.17) is 23.2 Å². The molecule has 1 aromatic carbocycles. The lowest BCUT2D eigenvalue weighted by Gasteiger charge is -2.41. The van der Waals surface area contributed by atoms with Crippen LogP contribution in [0.5, 0.6) is 0 Å². The predicted molar refractivity (Wildman–Crippen MR) is 91.7 cm³/mol. The van der Waals surface area contributed by atoms with Crippen LogP contribution in [0.4, 0.5) is 0 Å². The van der Waals surface area contributed by atoms with Crippen LogP contribution < -0.4 is 0 Å². The largest absolute Gasteiger partial charge is 0.389 e. The molecule has 3 rings (SSSR count). The van der Waals surface area contributed by atoms with E-state index in [1.165, 1.54) is 5.56 Å². The normalized spacial score (nSPS) is 30.7. The van der Waals surface area contributed by atoms with Crippen LogP contribution in [0.2, 0.25) is 5.02 Å². The van der Waals surface area contributed by atoms with Gasteiger partial charge in [-0.3, -0.25) is 5.10 Å². The Kier molecular flexibility index (Phi) is 4.68. The van der Waals surface area contributed by atoms with Crippen LogP contribution in [0.15, 0.2) is 30.6 Å². The van der Waals surface area contributed by atoms with Crippen molar-refractivity contribution in [2.45, 2.75) is 38.2 Å². The Labute approximate surface area is 146 Å². The number of hydrogen-bond donors (Lipinski definition) is 2. The van der Waals surface area contributed by atoms with Gasteiger partial charge < -0.3 is 5.11 Å². The molecule has 6 heteroatoms. The number of aromatic nitrogens is 3. The summed E-state index contributed by atoms with van der Waals surface area (Å²) < 4.78 is 0. The van der Waals surface area contributed by atoms with Gasteiger partial charge in [-0.15, -0.1) is 11.6 Å². The minimum atomic E-state index is -0.920. The van der Waals surface area contributed by atoms with Crippen molar-refractivity contribution in [1.29, 1.82) is 0 Å². The summed E-state index contributed by atoms with van der Waals surface area (Å²) in [5, 5.41) is 19.1. The molecule has 1 fully saturated rings. The molecule has 0 bridgehead atoms. The number of halogens is 2. The second-order valence-corrected chi connectivity index (χ2v) is 7.48. The maximum absolute atomic E-state index is 11.6. The fraction of sp³-hybridized carbons (Fsp3) is 0.529. The first-order valence-electron chi connectivity index (χ1n) is 7.84. The molecule has 0 saturated heterocycles. The van der Waals surface area contributed by atoms with Gasteiger partial charge >= 0.3 is 0 Å². The van der Waals surface area contributed by atoms with E-state index in [1.54, 1.807) is 6.33 Å². The van der Waals surface area contributed by atoms with Crippen LogP contribution in [0.3, 0.4) is 0 Å². The Bertz CT molecular complexity index is 646. The molecule has 1 aliphatic carbocycles. The van der Waals surface area contributed by atoms with Gasteiger partial charge in [-0.05, 0) is 42.9 Å². The summed E-state index contributed by atoms with van der Waals surface area (Å²) in [7, 11) is 0. The van der Waals surface area contributed by atoms with Crippen molar-refractivity contribution >= 4 is 23.2 Å². The van der Waals surface area contributed by atoms with Crippen molar-refractivity contribution in [2.75, 3.05) is 5.88 Å². The van der Waals surface area contributed by atoms with Crippen molar-refractivity contribution < 1.29 is 5.11 Å². The quantitative estimate of drug-likeness (QED) is 0.806. The molecule has 3 atom stereocenters. The molecule has 1 aromatic heterocycles. The summed E-state index contributed by atoms with van der Waals surface area (Å²) >= 11 is 12.2. The van der Waals surface area contributed by atoms with Crippen LogP contribution in [0.1, 0.15) is 31.2 Å². The van der Waals surface area contributed by atoms with E-state index >= 15 is 0 Å². The summed E-state index contributed by atoms with van der Waals surface area (Å²) in [5.41, 5.74) is -0.0882. The van der Waals surface area contributed by atoms with Gasteiger partial charge in [0.2, 0.25) is 0 Å². The molecule has 1 aliphatic rings. The summed E-state index contributed by atoms with van der Waals surface area (Å²) in [6.45, 7) is 2.06. The predicted octanol–water partition coefficient (Wildman–Crippen LogP) is 3.63. The van der Waals surface area contributed by atoms with E-state index in [-0.39, 0.29) is 11.3 Å². The van der Waals surface area contributed by atoms with Gasteiger partial charge in [-0.2, -0.15) is 5.10 Å². The maximum Gasteiger partial charge on any atom is 0.153 e. The zero-order valence-corrected chi connectivity index (χ0v) is 14.6. The van der Waals surface area contributed by atoms with Gasteiger partial charge in [0, 0.05) is 22.7 Å². The van der Waals surface area contributed by atoms with Gasteiger partial charge in [0.1, 0.15) is 6.33 Å². The molecular formula is C17H21Cl2N3O. The zero-order chi connectivity index (χ0) is 16.5. The van der Waals surface area contributed by atoms with Crippen LogP contribution >= 0.6 is 23.2 Å². The van der Waals surface area contributed by atoms with Gasteiger partial charge in [0.25, 0.3) is 0 Å². The number of alkyl halides is 1. The molecule has 0 amide bonds. The highest BCUT2D eigenvalue weighted by molar-refractivity contribution is 6.30. The van der Waals surface area contributed by atoms with E-state index in [0.29, 0.717) is 18.1 Å². The Morgan fingerprint density at radius 1 is 1.35 bits per heavy atom. The summed E-state index contributed by atoms with van der Waals surface area (Å²) in [6, 6.07) is 7.82. The van der Waals surface area contributed by atoms with E-state index in [0.717, 1.165) is 24.3 Å². The molecule has 0 radical (unpaired) electrons. The first-order chi connectivity index (χ1) is 11.0. The molecule has 0 aliphatic heterocycles. The molecular weight excluding hydrogens is 333 g/mol. The lowest BCUT2D eigenvalue weighted by Crippen LogP contribution is -2.50. The average molecular weight is 354 g/mol. The van der Waals surface area contributed by atoms with Crippen molar-refractivity contribution in [1.82, 2.24) is 15.2 Å². The van der Waals surface area contributed by atoms with Crippen molar-refractivity contribution in [3.63, 3.8) is 0 Å². The van der Waals surface area contributed by atoms with Crippen LogP contribution in [-0.2, 0) is 12.8 Å². The minimum absolute atomic E-state index is 0.117. The lowest BCUT2D eigenvalue weighted by molar-refractivity contribution is -0.0747. The first kappa shape index (κ1) is 16.7. The van der Waals surface area contributed by atoms with Crippen molar-refractivity contribution in [2.24, 2.45) is 11.3 Å². The summed E-state index contributed by atoms with van der Waals surface area (Å²) in [4.78, 5) is 4.19. The minimum Gasteiger partial charge on any atom is -0.389 e. The third kappa shape index (κ3) is 3.12. The standard InChI is InChI=1S/C17H21Cl2N3O/c1-16(10-18)7-6-13(8-12-2-4-14(19)5-3-12)17(16,23)9-15-20-11-21-22-15/h2-5,11,13,23H,6-10H2,1H3,(H,20,21,22)/t13-,16-,17-/m0/s1. The highest BCUT2D eigenvalue weighted by atomic mass is 35.5. The number of H-pyrrole nitrogens is 1. The van der Waals surface area contributed by atoms with Crippen LogP contribution in [-0.4, -0.2) is 31.8 Å². The number of aromatic amines is 1. The number of rotatable bonds is 5. The van der Waals surface area contributed by atoms with Crippen molar-refractivity contribution in [3.05, 3.63) is 47.0 Å². The fourth-order valence-corrected chi connectivity index (χ4v) is 4.21. The summed E-state index contributed by atoms with van der Waals surface area (Å²) in [5.74, 6) is 1.17. The Morgan fingerprint density at radius 3 is 2.70 bits per heavy atom. The molecule has 2 aromatic rings. The van der Waals surface area contributed by atoms with E-state index < -0.39 is 5.60 Å². The second-order valence-electron chi connectivity index (χ2n) is 6.78. The molecule has 0 unspecified atom stereocenters. The second kappa shape index (κ2) is 6.42. The molecule has 1 heterocycles. The lowest BCUT2D eigenvalue weighted by atomic mass is 9.70. The first-order valence-corrected chi connectivity index (χ1v) is 8.75. The number of hydrogen-bond acceptors (Lipinski definition) is 3. The monoisotopic (exact) mass is 353 g/mol. The average Bonchev–Trinajstić information content (AvgIpc) is 3.12. The van der Waals surface area contributed by atoms with Crippen LogP contribution in [0, 0.1) is 11.3 Å². The Morgan fingerprint density at radius 2 is 2.09 bits per heavy atom. The van der Waals surface area contributed by atoms with Crippen LogP contribution in [0.25, 0.3) is 0 Å². The topological polar surface area (TPSA) is 61.8 Å². The van der Waals surface area contributed by atoms with E-state index in [2.05, 4.69) is 22.1 Å². The van der Waals surface area contributed by atoms with Gasteiger partial charge in [-0.25, -0.2) is 4.98 Å². The summed E-state index contributed by atoms with van der Waals surface area (Å²) in [6.07, 6.45) is 4.59. The molecule has 23 heavy (non-hydrogen) atoms. The third-order valence-electron chi connectivity index (χ3n) is 5.35. The fourth-order valence-electron chi connectivity index (χ4n) is 3.72.